The Balaban J connectivity index is 0. The number of nitrogens with zero attached hydrogens (tertiary/aromatic N) is 1. The van der Waals surface area contributed by atoms with Gasteiger partial charge in [-0.3, -0.25) is 14.8 Å². The van der Waals surface area contributed by atoms with Gasteiger partial charge in [0, 0.05) is 0 Å². The molecule has 0 aromatic carbocycles. The van der Waals surface area contributed by atoms with Crippen molar-refractivity contribution in [1.82, 2.24) is 5.17 Å². The predicted molar refractivity (Wildman–Crippen MR) is 38.7 cm³/mol. The van der Waals surface area contributed by atoms with Crippen LogP contribution < -0.4 is 5.84 Å². The van der Waals surface area contributed by atoms with Crippen LogP contribution in [-0.2, 0) is 9.59 Å². The molecule has 1 unspecified atom stereocenters. The van der Waals surface area contributed by atoms with Gasteiger partial charge in [0.1, 0.15) is 0 Å². The van der Waals surface area contributed by atoms with Crippen molar-refractivity contribution in [3.05, 3.63) is 0 Å². The molecule has 0 amide bonds. The van der Waals surface area contributed by atoms with E-state index in [0.29, 0.717) is 0 Å². The van der Waals surface area contributed by atoms with E-state index in [1.807, 2.05) is 0 Å². The zero-order valence-corrected chi connectivity index (χ0v) is 6.69. The molecule has 0 saturated carbocycles. The van der Waals surface area contributed by atoms with Gasteiger partial charge in [0.15, 0.2) is 6.04 Å². The number of hydrazine groups is 1. The Bertz CT molecular complexity index is 173. The maximum absolute atomic E-state index is 10.1. The van der Waals surface area contributed by atoms with E-state index in [1.165, 1.54) is 0 Å². The van der Waals surface area contributed by atoms with Crippen LogP contribution in [0.4, 0.5) is 0 Å². The number of halogens is 1. The predicted octanol–water partition coefficient (Wildman–Crippen LogP) is -1.10. The molecule has 0 fully saturated rings. The first-order valence-corrected chi connectivity index (χ1v) is 2.62. The number of hydroxylamine groups is 1. The van der Waals surface area contributed by atoms with Gasteiger partial charge in [-0.15, -0.1) is 17.6 Å². The maximum Gasteiger partial charge on any atom is 0.325 e. The van der Waals surface area contributed by atoms with Crippen LogP contribution in [-0.4, -0.2) is 38.6 Å². The van der Waals surface area contributed by atoms with Crippen LogP contribution >= 0.6 is 12.4 Å². The monoisotopic (exact) mass is 200 g/mol. The van der Waals surface area contributed by atoms with Gasteiger partial charge in [0.2, 0.25) is 0 Å². The summed E-state index contributed by atoms with van der Waals surface area (Å²) in [6, 6.07) is -1.60. The van der Waals surface area contributed by atoms with Crippen LogP contribution in [0, 0.1) is 0 Å². The SMILES string of the molecule is Cl.NN(O)C(CC(=O)O)C(=O)O. The Hall–Kier alpha value is -0.890. The standard InChI is InChI=1S/C4H8N2O5.ClH/c5-6(11)2(4(9)10)1-3(7)8;/h2,11H,1,5H2,(H,7,8)(H,9,10);1H. The quantitative estimate of drug-likeness (QED) is 0.335. The summed E-state index contributed by atoms with van der Waals surface area (Å²) in [7, 11) is 0. The largest absolute Gasteiger partial charge is 0.481 e. The Labute approximate surface area is 73.7 Å². The van der Waals surface area contributed by atoms with Gasteiger partial charge in [-0.25, -0.2) is 5.84 Å². The zero-order chi connectivity index (χ0) is 9.02. The summed E-state index contributed by atoms with van der Waals surface area (Å²) in [5.74, 6) is 1.80. The number of carboxylic acids is 2. The van der Waals surface area contributed by atoms with Crippen LogP contribution in [0.5, 0.6) is 0 Å². The highest BCUT2D eigenvalue weighted by atomic mass is 35.5. The van der Waals surface area contributed by atoms with E-state index in [0.717, 1.165) is 0 Å². The van der Waals surface area contributed by atoms with Gasteiger partial charge in [0.25, 0.3) is 0 Å². The second-order valence-electron chi connectivity index (χ2n) is 1.83. The minimum Gasteiger partial charge on any atom is -0.481 e. The normalized spacial score (nSPS) is 11.9. The molecule has 7 nitrogen and oxygen atoms in total. The summed E-state index contributed by atoms with van der Waals surface area (Å²) < 4.78 is 0. The summed E-state index contributed by atoms with van der Waals surface area (Å²) in [5.41, 5.74) is 0. The highest BCUT2D eigenvalue weighted by Gasteiger charge is 2.25. The third kappa shape index (κ3) is 4.85. The van der Waals surface area contributed by atoms with Gasteiger partial charge < -0.3 is 10.2 Å². The lowest BCUT2D eigenvalue weighted by atomic mass is 10.2. The van der Waals surface area contributed by atoms with E-state index in [2.05, 4.69) is 5.84 Å². The molecule has 0 aromatic rings. The van der Waals surface area contributed by atoms with Crippen LogP contribution in [0.25, 0.3) is 0 Å². The molecule has 0 spiro atoms. The van der Waals surface area contributed by atoms with Crippen LogP contribution in [0.15, 0.2) is 0 Å². The molecule has 0 aliphatic heterocycles. The average molecular weight is 201 g/mol. The summed E-state index contributed by atoms with van der Waals surface area (Å²) in [4.78, 5) is 20.1. The number of carbonyl (C=O) groups is 2. The third-order valence-corrected chi connectivity index (χ3v) is 0.972. The lowest BCUT2D eigenvalue weighted by molar-refractivity contribution is -0.176. The zero-order valence-electron chi connectivity index (χ0n) is 5.88. The van der Waals surface area contributed by atoms with Crippen molar-refractivity contribution in [3.8, 4) is 0 Å². The van der Waals surface area contributed by atoms with Crippen LogP contribution in [0.1, 0.15) is 6.42 Å². The molecule has 8 heteroatoms. The van der Waals surface area contributed by atoms with Crippen molar-refractivity contribution in [2.75, 3.05) is 0 Å². The first kappa shape index (κ1) is 13.7. The van der Waals surface area contributed by atoms with Gasteiger partial charge in [-0.05, 0) is 0 Å². The minimum absolute atomic E-state index is 0. The molecule has 1 atom stereocenters. The van der Waals surface area contributed by atoms with Crippen molar-refractivity contribution in [2.24, 2.45) is 5.84 Å². The van der Waals surface area contributed by atoms with Crippen LogP contribution in [0.3, 0.4) is 0 Å². The van der Waals surface area contributed by atoms with E-state index < -0.39 is 24.4 Å². The van der Waals surface area contributed by atoms with Crippen molar-refractivity contribution in [1.29, 1.82) is 0 Å². The number of hydrogen-bond acceptors (Lipinski definition) is 5. The Morgan fingerprint density at radius 3 is 1.92 bits per heavy atom. The fraction of sp³-hybridized carbons (Fsp3) is 0.500. The fourth-order valence-corrected chi connectivity index (χ4v) is 0.459. The molecule has 0 aliphatic rings. The first-order valence-electron chi connectivity index (χ1n) is 2.62. The van der Waals surface area contributed by atoms with E-state index >= 15 is 0 Å². The smallest absolute Gasteiger partial charge is 0.325 e. The number of rotatable bonds is 4. The van der Waals surface area contributed by atoms with Gasteiger partial charge >= 0.3 is 11.9 Å². The van der Waals surface area contributed by atoms with Crippen molar-refractivity contribution in [2.45, 2.75) is 12.5 Å². The molecule has 0 saturated heterocycles. The van der Waals surface area contributed by atoms with Crippen molar-refractivity contribution >= 4 is 24.3 Å². The molecule has 0 rings (SSSR count). The second-order valence-corrected chi connectivity index (χ2v) is 1.83. The topological polar surface area (TPSA) is 124 Å². The molecule has 0 aliphatic carbocycles. The Morgan fingerprint density at radius 2 is 1.83 bits per heavy atom. The van der Waals surface area contributed by atoms with Crippen molar-refractivity contribution in [3.63, 3.8) is 0 Å². The van der Waals surface area contributed by atoms with Crippen molar-refractivity contribution < 1.29 is 25.0 Å². The molecular weight excluding hydrogens is 192 g/mol. The Morgan fingerprint density at radius 1 is 1.42 bits per heavy atom. The summed E-state index contributed by atoms with van der Waals surface area (Å²) in [5, 5.41) is 24.6. The minimum atomic E-state index is -1.60. The van der Waals surface area contributed by atoms with Crippen LogP contribution in [0.2, 0.25) is 0 Å². The lowest BCUT2D eigenvalue weighted by Crippen LogP contribution is -2.44. The summed E-state index contributed by atoms with van der Waals surface area (Å²) in [6.45, 7) is 0. The first-order chi connectivity index (χ1) is 4.95. The molecule has 72 valence electrons. The second kappa shape index (κ2) is 5.72. The van der Waals surface area contributed by atoms with Gasteiger partial charge in [-0.1, -0.05) is 0 Å². The molecule has 0 aromatic heterocycles. The highest BCUT2D eigenvalue weighted by molar-refractivity contribution is 5.85. The summed E-state index contributed by atoms with van der Waals surface area (Å²) >= 11 is 0. The molecule has 0 radical (unpaired) electrons. The lowest BCUT2D eigenvalue weighted by Gasteiger charge is -2.14. The average Bonchev–Trinajstić information content (AvgIpc) is 1.81. The van der Waals surface area contributed by atoms with E-state index in [9.17, 15) is 9.59 Å². The Kier molecular flexibility index (Phi) is 6.52. The third-order valence-electron chi connectivity index (χ3n) is 0.972. The fourth-order valence-electron chi connectivity index (χ4n) is 0.459. The molecule has 5 N–H and O–H groups in total. The maximum atomic E-state index is 10.1. The molecule has 0 bridgehead atoms. The number of nitrogens with two attached hydrogens (primary N) is 1. The van der Waals surface area contributed by atoms with E-state index in [4.69, 9.17) is 15.4 Å². The van der Waals surface area contributed by atoms with Gasteiger partial charge in [-0.2, -0.15) is 0 Å². The molecular formula is C4H9ClN2O5. The number of hydrogen-bond donors (Lipinski definition) is 4. The summed E-state index contributed by atoms with van der Waals surface area (Å²) in [6.07, 6.45) is -0.748. The number of aliphatic carboxylic acids is 2. The number of carboxylic acid groups (broad SMARTS) is 2. The van der Waals surface area contributed by atoms with E-state index in [-0.39, 0.29) is 17.6 Å². The highest BCUT2D eigenvalue weighted by Crippen LogP contribution is 1.96. The van der Waals surface area contributed by atoms with Gasteiger partial charge in [0.05, 0.1) is 6.42 Å². The van der Waals surface area contributed by atoms with E-state index in [1.54, 1.807) is 0 Å². The molecule has 0 heterocycles. The molecule has 12 heavy (non-hydrogen) atoms.